The van der Waals surface area contributed by atoms with E-state index in [-0.39, 0.29) is 11.8 Å². The van der Waals surface area contributed by atoms with Gasteiger partial charge in [0.15, 0.2) is 0 Å². The first-order chi connectivity index (χ1) is 8.95. The van der Waals surface area contributed by atoms with E-state index in [2.05, 4.69) is 0 Å². The Kier molecular flexibility index (Phi) is 5.74. The number of esters is 1. The Morgan fingerprint density at radius 1 is 1.11 bits per heavy atom. The highest BCUT2D eigenvalue weighted by Gasteiger charge is 2.30. The molecular formula is C16H22O3. The van der Waals surface area contributed by atoms with Crippen LogP contribution in [0.4, 0.5) is 0 Å². The lowest BCUT2D eigenvalue weighted by Gasteiger charge is -2.21. The Balaban J connectivity index is 2.52. The van der Waals surface area contributed by atoms with Crippen molar-refractivity contribution < 1.29 is 14.3 Å². The smallest absolute Gasteiger partial charge is 0.316 e. The molecule has 0 N–H and O–H groups in total. The van der Waals surface area contributed by atoms with Crippen molar-refractivity contribution in [3.63, 3.8) is 0 Å². The number of carbonyl (C=O) groups is 2. The molecule has 0 heterocycles. The van der Waals surface area contributed by atoms with Crippen LogP contribution in [0, 0.1) is 5.41 Å². The molecule has 1 rings (SSSR count). The van der Waals surface area contributed by atoms with Crippen LogP contribution in [-0.2, 0) is 9.59 Å². The van der Waals surface area contributed by atoms with E-state index in [0.29, 0.717) is 25.0 Å². The standard InChI is InChI=1S/C16H22O3/c1-4-8-13(17)11-12-16(2,3)15(18)19-14-9-6-5-7-10-14/h5-7,9-10H,4,8,11-12H2,1-3H3. The SMILES string of the molecule is CCCC(=O)CCC(C)(C)C(=O)Oc1ccccc1. The predicted octanol–water partition coefficient (Wildman–Crippen LogP) is 3.77. The van der Waals surface area contributed by atoms with Gasteiger partial charge in [-0.1, -0.05) is 25.1 Å². The fourth-order valence-electron chi connectivity index (χ4n) is 1.69. The van der Waals surface area contributed by atoms with Gasteiger partial charge < -0.3 is 4.74 Å². The highest BCUT2D eigenvalue weighted by Crippen LogP contribution is 2.26. The van der Waals surface area contributed by atoms with E-state index in [1.165, 1.54) is 0 Å². The lowest BCUT2D eigenvalue weighted by Crippen LogP contribution is -2.29. The van der Waals surface area contributed by atoms with Crippen LogP contribution in [0.1, 0.15) is 46.5 Å². The van der Waals surface area contributed by atoms with Crippen LogP contribution in [0.15, 0.2) is 30.3 Å². The van der Waals surface area contributed by atoms with Gasteiger partial charge in [-0.2, -0.15) is 0 Å². The van der Waals surface area contributed by atoms with E-state index in [0.717, 1.165) is 6.42 Å². The molecule has 1 aromatic rings. The molecule has 0 amide bonds. The molecule has 104 valence electrons. The molecule has 0 spiro atoms. The molecule has 3 heteroatoms. The average molecular weight is 262 g/mol. The molecule has 3 nitrogen and oxygen atoms in total. The lowest BCUT2D eigenvalue weighted by molar-refractivity contribution is -0.144. The molecule has 0 aliphatic rings. The van der Waals surface area contributed by atoms with Gasteiger partial charge in [-0.05, 0) is 38.8 Å². The monoisotopic (exact) mass is 262 g/mol. The van der Waals surface area contributed by atoms with E-state index in [4.69, 9.17) is 4.74 Å². The number of ketones is 1. The largest absolute Gasteiger partial charge is 0.426 e. The molecule has 1 aromatic carbocycles. The summed E-state index contributed by atoms with van der Waals surface area (Å²) in [4.78, 5) is 23.6. The normalized spacial score (nSPS) is 11.1. The maximum atomic E-state index is 12.1. The van der Waals surface area contributed by atoms with Gasteiger partial charge in [-0.25, -0.2) is 0 Å². The van der Waals surface area contributed by atoms with Gasteiger partial charge in [0.05, 0.1) is 5.41 Å². The van der Waals surface area contributed by atoms with Crippen molar-refractivity contribution in [2.75, 3.05) is 0 Å². The topological polar surface area (TPSA) is 43.4 Å². The second kappa shape index (κ2) is 7.07. The van der Waals surface area contributed by atoms with Crippen molar-refractivity contribution >= 4 is 11.8 Å². The molecule has 0 aliphatic heterocycles. The van der Waals surface area contributed by atoms with Crippen molar-refractivity contribution in [2.24, 2.45) is 5.41 Å². The minimum absolute atomic E-state index is 0.211. The molecule has 0 fully saturated rings. The molecule has 0 unspecified atom stereocenters. The van der Waals surface area contributed by atoms with Gasteiger partial charge in [0.2, 0.25) is 0 Å². The summed E-state index contributed by atoms with van der Waals surface area (Å²) in [5.41, 5.74) is -0.640. The fourth-order valence-corrected chi connectivity index (χ4v) is 1.69. The quantitative estimate of drug-likeness (QED) is 0.555. The van der Waals surface area contributed by atoms with Crippen LogP contribution < -0.4 is 4.74 Å². The highest BCUT2D eigenvalue weighted by atomic mass is 16.5. The van der Waals surface area contributed by atoms with Gasteiger partial charge in [-0.3, -0.25) is 9.59 Å². The Bertz CT molecular complexity index is 421. The van der Waals surface area contributed by atoms with Crippen LogP contribution in [0.2, 0.25) is 0 Å². The third-order valence-corrected chi connectivity index (χ3v) is 3.06. The zero-order valence-electron chi connectivity index (χ0n) is 11.9. The molecule has 0 aliphatic carbocycles. The minimum atomic E-state index is -0.640. The maximum absolute atomic E-state index is 12.1. The minimum Gasteiger partial charge on any atom is -0.426 e. The number of para-hydroxylation sites is 1. The summed E-state index contributed by atoms with van der Waals surface area (Å²) < 4.78 is 5.32. The molecule has 0 radical (unpaired) electrons. The Labute approximate surface area is 115 Å². The molecule has 0 saturated heterocycles. The van der Waals surface area contributed by atoms with Crippen molar-refractivity contribution in [3.8, 4) is 5.75 Å². The van der Waals surface area contributed by atoms with Crippen molar-refractivity contribution in [1.82, 2.24) is 0 Å². The first-order valence-corrected chi connectivity index (χ1v) is 6.74. The molecule has 19 heavy (non-hydrogen) atoms. The first-order valence-electron chi connectivity index (χ1n) is 6.74. The lowest BCUT2D eigenvalue weighted by atomic mass is 9.86. The van der Waals surface area contributed by atoms with E-state index in [9.17, 15) is 9.59 Å². The third kappa shape index (κ3) is 5.25. The van der Waals surface area contributed by atoms with Crippen LogP contribution in [0.3, 0.4) is 0 Å². The summed E-state index contributed by atoms with van der Waals surface area (Å²) in [6.45, 7) is 5.61. The van der Waals surface area contributed by atoms with Gasteiger partial charge in [0.25, 0.3) is 0 Å². The van der Waals surface area contributed by atoms with E-state index < -0.39 is 5.41 Å². The van der Waals surface area contributed by atoms with Crippen LogP contribution in [0.25, 0.3) is 0 Å². The summed E-state index contributed by atoms with van der Waals surface area (Å²) in [5.74, 6) is 0.464. The number of ether oxygens (including phenoxy) is 1. The highest BCUT2D eigenvalue weighted by molar-refractivity contribution is 5.81. The van der Waals surface area contributed by atoms with Gasteiger partial charge in [0, 0.05) is 12.8 Å². The van der Waals surface area contributed by atoms with Crippen molar-refractivity contribution in [1.29, 1.82) is 0 Å². The molecule has 0 aromatic heterocycles. The second-order valence-electron chi connectivity index (χ2n) is 5.38. The summed E-state index contributed by atoms with van der Waals surface area (Å²) in [6.07, 6.45) is 2.40. The third-order valence-electron chi connectivity index (χ3n) is 3.06. The molecule has 0 bridgehead atoms. The van der Waals surface area contributed by atoms with E-state index in [1.807, 2.05) is 39.0 Å². The summed E-state index contributed by atoms with van der Waals surface area (Å²) >= 11 is 0. The summed E-state index contributed by atoms with van der Waals surface area (Å²) in [6, 6.07) is 9.00. The zero-order chi connectivity index (χ0) is 14.3. The Morgan fingerprint density at radius 2 is 1.74 bits per heavy atom. The van der Waals surface area contributed by atoms with Gasteiger partial charge >= 0.3 is 5.97 Å². The van der Waals surface area contributed by atoms with E-state index in [1.54, 1.807) is 12.1 Å². The fraction of sp³-hybridized carbons (Fsp3) is 0.500. The van der Waals surface area contributed by atoms with E-state index >= 15 is 0 Å². The molecular weight excluding hydrogens is 240 g/mol. The molecule has 0 atom stereocenters. The number of benzene rings is 1. The number of hydrogen-bond donors (Lipinski definition) is 0. The zero-order valence-corrected chi connectivity index (χ0v) is 11.9. The van der Waals surface area contributed by atoms with Crippen LogP contribution in [-0.4, -0.2) is 11.8 Å². The van der Waals surface area contributed by atoms with Crippen molar-refractivity contribution in [2.45, 2.75) is 46.5 Å². The number of carbonyl (C=O) groups excluding carboxylic acids is 2. The number of rotatable bonds is 7. The Hall–Kier alpha value is -1.64. The van der Waals surface area contributed by atoms with Crippen LogP contribution in [0.5, 0.6) is 5.75 Å². The predicted molar refractivity (Wildman–Crippen MR) is 75.0 cm³/mol. The van der Waals surface area contributed by atoms with Crippen molar-refractivity contribution in [3.05, 3.63) is 30.3 Å². The first kappa shape index (κ1) is 15.4. The number of Topliss-reactive ketones (excluding diaryl/α,β-unsaturated/α-hetero) is 1. The van der Waals surface area contributed by atoms with Gasteiger partial charge in [-0.15, -0.1) is 0 Å². The average Bonchev–Trinajstić information content (AvgIpc) is 2.38. The van der Waals surface area contributed by atoms with Crippen LogP contribution >= 0.6 is 0 Å². The molecule has 0 saturated carbocycles. The summed E-state index contributed by atoms with van der Waals surface area (Å²) in [7, 11) is 0. The second-order valence-corrected chi connectivity index (χ2v) is 5.38. The number of hydrogen-bond acceptors (Lipinski definition) is 3. The van der Waals surface area contributed by atoms with Gasteiger partial charge in [0.1, 0.15) is 11.5 Å². The Morgan fingerprint density at radius 3 is 2.32 bits per heavy atom. The summed E-state index contributed by atoms with van der Waals surface area (Å²) in [5, 5.41) is 0. The maximum Gasteiger partial charge on any atom is 0.316 e.